The quantitative estimate of drug-likeness (QED) is 0.411. The lowest BCUT2D eigenvalue weighted by molar-refractivity contribution is -0.149. The van der Waals surface area contributed by atoms with Gasteiger partial charge in [0.2, 0.25) is 0 Å². The molecular weight excluding hydrogens is 388 g/mol. The minimum Gasteiger partial charge on any atom is -0.482 e. The van der Waals surface area contributed by atoms with E-state index in [9.17, 15) is 9.59 Å². The Morgan fingerprint density at radius 3 is 2.52 bits per heavy atom. The van der Waals surface area contributed by atoms with Gasteiger partial charge in [-0.25, -0.2) is 4.79 Å². The molecule has 0 fully saturated rings. The zero-order valence-corrected chi connectivity index (χ0v) is 17.8. The number of thioether (sulfide) groups is 1. The van der Waals surface area contributed by atoms with Gasteiger partial charge in [-0.15, -0.1) is 0 Å². The number of benzene rings is 2. The molecule has 152 valence electrons. The second-order valence-electron chi connectivity index (χ2n) is 7.41. The molecule has 0 spiro atoms. The lowest BCUT2D eigenvalue weighted by Gasteiger charge is -2.22. The largest absolute Gasteiger partial charge is 0.482 e. The van der Waals surface area contributed by atoms with E-state index in [2.05, 4.69) is 26.1 Å². The number of para-hydroxylation sites is 1. The van der Waals surface area contributed by atoms with E-state index in [1.54, 1.807) is 24.3 Å². The minimum atomic E-state index is -0.624. The van der Waals surface area contributed by atoms with E-state index in [1.807, 2.05) is 30.5 Å². The van der Waals surface area contributed by atoms with Crippen molar-refractivity contribution in [1.82, 2.24) is 0 Å². The van der Waals surface area contributed by atoms with E-state index in [1.165, 1.54) is 0 Å². The molecule has 0 atom stereocenters. The second kappa shape index (κ2) is 9.99. The number of nitriles is 1. The Hall–Kier alpha value is -2.98. The molecule has 1 amide bonds. The molecule has 29 heavy (non-hydrogen) atoms. The van der Waals surface area contributed by atoms with Crippen molar-refractivity contribution in [2.75, 3.05) is 18.5 Å². The molecule has 0 bridgehead atoms. The molecule has 0 aliphatic carbocycles. The van der Waals surface area contributed by atoms with Crippen LogP contribution in [0.2, 0.25) is 0 Å². The van der Waals surface area contributed by atoms with Crippen molar-refractivity contribution >= 4 is 29.3 Å². The van der Waals surface area contributed by atoms with Crippen LogP contribution in [0.4, 0.5) is 5.69 Å². The summed E-state index contributed by atoms with van der Waals surface area (Å²) in [5.74, 6) is -0.453. The third-order valence-electron chi connectivity index (χ3n) is 4.04. The minimum absolute atomic E-state index is 0.125. The van der Waals surface area contributed by atoms with Crippen LogP contribution >= 0.6 is 11.8 Å². The number of carbonyl (C=O) groups excluding carboxylic acids is 2. The number of anilines is 1. The van der Waals surface area contributed by atoms with Gasteiger partial charge >= 0.3 is 5.97 Å². The van der Waals surface area contributed by atoms with E-state index in [0.717, 1.165) is 27.8 Å². The van der Waals surface area contributed by atoms with Crippen LogP contribution in [0.25, 0.3) is 0 Å². The smallest absolute Gasteiger partial charge is 0.344 e. The summed E-state index contributed by atoms with van der Waals surface area (Å²) in [5.41, 5.74) is 2.27. The summed E-state index contributed by atoms with van der Waals surface area (Å²) in [4.78, 5) is 24.8. The van der Waals surface area contributed by atoms with Crippen molar-refractivity contribution in [2.45, 2.75) is 38.0 Å². The molecule has 0 aliphatic rings. The molecule has 0 aromatic heterocycles. The lowest BCUT2D eigenvalue weighted by atomic mass is 9.86. The number of hydrogen-bond donors (Lipinski definition) is 1. The number of esters is 1. The van der Waals surface area contributed by atoms with Gasteiger partial charge in [-0.3, -0.25) is 4.79 Å². The predicted octanol–water partition coefficient (Wildman–Crippen LogP) is 4.43. The van der Waals surface area contributed by atoms with Crippen molar-refractivity contribution in [2.24, 2.45) is 0 Å². The number of hydrogen-bond acceptors (Lipinski definition) is 6. The second-order valence-corrected chi connectivity index (χ2v) is 8.27. The lowest BCUT2D eigenvalue weighted by Crippen LogP contribution is -2.24. The molecule has 0 radical (unpaired) electrons. The summed E-state index contributed by atoms with van der Waals surface area (Å²) in [6.07, 6.45) is 0. The third-order valence-corrected chi connectivity index (χ3v) is 4.62. The molecule has 2 aromatic carbocycles. The summed E-state index contributed by atoms with van der Waals surface area (Å²) in [7, 11) is 0. The average molecular weight is 413 g/mol. The molecule has 2 aromatic rings. The molecular formula is C22H24N2O4S. The van der Waals surface area contributed by atoms with Crippen LogP contribution in [0.15, 0.2) is 47.4 Å². The third kappa shape index (κ3) is 6.84. The van der Waals surface area contributed by atoms with E-state index < -0.39 is 18.5 Å². The SMILES string of the molecule is Cc1cc(SC#N)ccc1NC(=O)COC(=O)COc1ccccc1C(C)(C)C. The van der Waals surface area contributed by atoms with Crippen LogP contribution in [-0.2, 0) is 19.7 Å². The van der Waals surface area contributed by atoms with Gasteiger partial charge in [-0.05, 0) is 59.5 Å². The summed E-state index contributed by atoms with van der Waals surface area (Å²) in [6, 6.07) is 12.8. The predicted molar refractivity (Wildman–Crippen MR) is 113 cm³/mol. The number of nitrogens with zero attached hydrogens (tertiary/aromatic N) is 1. The Labute approximate surface area is 175 Å². The molecule has 0 unspecified atom stereocenters. The summed E-state index contributed by atoms with van der Waals surface area (Å²) < 4.78 is 10.6. The van der Waals surface area contributed by atoms with Gasteiger partial charge in [0.25, 0.3) is 5.91 Å². The number of carbonyl (C=O) groups is 2. The average Bonchev–Trinajstić information content (AvgIpc) is 2.66. The van der Waals surface area contributed by atoms with Crippen LogP contribution in [0.1, 0.15) is 31.9 Å². The van der Waals surface area contributed by atoms with E-state index >= 15 is 0 Å². The fourth-order valence-electron chi connectivity index (χ4n) is 2.62. The van der Waals surface area contributed by atoms with Crippen LogP contribution < -0.4 is 10.1 Å². The zero-order chi connectivity index (χ0) is 21.4. The van der Waals surface area contributed by atoms with E-state index in [0.29, 0.717) is 11.4 Å². The van der Waals surface area contributed by atoms with Crippen LogP contribution in [0, 0.1) is 17.6 Å². The Morgan fingerprint density at radius 1 is 1.14 bits per heavy atom. The van der Waals surface area contributed by atoms with Gasteiger partial charge in [0.1, 0.15) is 11.2 Å². The van der Waals surface area contributed by atoms with Gasteiger partial charge in [0.05, 0.1) is 0 Å². The Morgan fingerprint density at radius 2 is 1.86 bits per heavy atom. The standard InChI is InChI=1S/C22H24N2O4S/c1-15-11-16(29-14-23)9-10-18(15)24-20(25)12-28-21(26)13-27-19-8-6-5-7-17(19)22(2,3)4/h5-11H,12-13H2,1-4H3,(H,24,25). The van der Waals surface area contributed by atoms with E-state index in [-0.39, 0.29) is 12.0 Å². The highest BCUT2D eigenvalue weighted by Gasteiger charge is 2.19. The number of aryl methyl sites for hydroxylation is 1. The number of thiocyanates is 1. The molecule has 7 heteroatoms. The molecule has 1 N–H and O–H groups in total. The molecule has 0 heterocycles. The molecule has 6 nitrogen and oxygen atoms in total. The monoisotopic (exact) mass is 412 g/mol. The van der Waals surface area contributed by atoms with Crippen LogP contribution in [-0.4, -0.2) is 25.1 Å². The first-order chi connectivity index (χ1) is 13.7. The maximum atomic E-state index is 12.1. The van der Waals surface area contributed by atoms with Gasteiger partial charge in [-0.2, -0.15) is 5.26 Å². The number of nitrogens with one attached hydrogen (secondary N) is 1. The number of amides is 1. The van der Waals surface area contributed by atoms with Crippen molar-refractivity contribution < 1.29 is 19.1 Å². The first-order valence-electron chi connectivity index (χ1n) is 9.05. The van der Waals surface area contributed by atoms with E-state index in [4.69, 9.17) is 14.7 Å². The number of rotatable bonds is 7. The van der Waals surface area contributed by atoms with Gasteiger partial charge < -0.3 is 14.8 Å². The summed E-state index contributed by atoms with van der Waals surface area (Å²) in [5, 5.41) is 13.4. The van der Waals surface area contributed by atoms with Crippen LogP contribution in [0.5, 0.6) is 5.75 Å². The Kier molecular flexibility index (Phi) is 7.68. The van der Waals surface area contributed by atoms with Crippen molar-refractivity contribution in [3.8, 4) is 11.2 Å². The molecule has 0 saturated carbocycles. The normalized spacial score (nSPS) is 10.7. The Bertz CT molecular complexity index is 929. The highest BCUT2D eigenvalue weighted by Crippen LogP contribution is 2.30. The molecule has 2 rings (SSSR count). The van der Waals surface area contributed by atoms with Crippen molar-refractivity contribution in [3.05, 3.63) is 53.6 Å². The zero-order valence-electron chi connectivity index (χ0n) is 16.9. The molecule has 0 aliphatic heterocycles. The fraction of sp³-hybridized carbons (Fsp3) is 0.318. The van der Waals surface area contributed by atoms with Gasteiger partial charge in [0, 0.05) is 10.6 Å². The summed E-state index contributed by atoms with van der Waals surface area (Å²) in [6.45, 7) is 7.32. The van der Waals surface area contributed by atoms with Crippen LogP contribution in [0.3, 0.4) is 0 Å². The van der Waals surface area contributed by atoms with Crippen molar-refractivity contribution in [3.63, 3.8) is 0 Å². The first-order valence-corrected chi connectivity index (χ1v) is 9.86. The van der Waals surface area contributed by atoms with Crippen molar-refractivity contribution in [1.29, 1.82) is 5.26 Å². The topological polar surface area (TPSA) is 88.4 Å². The highest BCUT2D eigenvalue weighted by atomic mass is 32.2. The van der Waals surface area contributed by atoms with Gasteiger partial charge in [-0.1, -0.05) is 39.0 Å². The maximum Gasteiger partial charge on any atom is 0.344 e. The summed E-state index contributed by atoms with van der Waals surface area (Å²) >= 11 is 1.05. The maximum absolute atomic E-state index is 12.1. The molecule has 0 saturated heterocycles. The Balaban J connectivity index is 1.84. The van der Waals surface area contributed by atoms with Gasteiger partial charge in [0.15, 0.2) is 13.2 Å². The first kappa shape index (κ1) is 22.3. The highest BCUT2D eigenvalue weighted by molar-refractivity contribution is 8.03. The fourth-order valence-corrected chi connectivity index (χ4v) is 3.09. The number of ether oxygens (including phenoxy) is 2.